The van der Waals surface area contributed by atoms with Crippen LogP contribution in [-0.2, 0) is 0 Å². The molecule has 0 unspecified atom stereocenters. The largest absolute Gasteiger partial charge is 0.405 e. The number of nitrogens with two attached hydrogens (primary N) is 1. The van der Waals surface area contributed by atoms with Crippen molar-refractivity contribution in [2.45, 2.75) is 0 Å². The Labute approximate surface area is 85.7 Å². The second-order valence-corrected chi connectivity index (χ2v) is 2.86. The van der Waals surface area contributed by atoms with Gasteiger partial charge in [0.2, 0.25) is 0 Å². The van der Waals surface area contributed by atoms with Crippen LogP contribution in [0.1, 0.15) is 15.9 Å². The predicted octanol–water partition coefficient (Wildman–Crippen LogP) is 2.26. The highest BCUT2D eigenvalue weighted by Crippen LogP contribution is 2.19. The molecule has 0 aliphatic carbocycles. The highest BCUT2D eigenvalue weighted by molar-refractivity contribution is 5.79. The smallest absolute Gasteiger partial charge is 0.155 e. The molecule has 2 N–H and O–H groups in total. The van der Waals surface area contributed by atoms with Gasteiger partial charge in [-0.25, -0.2) is 8.78 Å². The van der Waals surface area contributed by atoms with Crippen LogP contribution in [0.3, 0.4) is 0 Å². The molecule has 1 aromatic carbocycles. The molecule has 0 amide bonds. The first-order chi connectivity index (χ1) is 7.10. The third kappa shape index (κ3) is 2.28. The van der Waals surface area contributed by atoms with Gasteiger partial charge in [-0.1, -0.05) is 6.58 Å². The molecule has 1 aromatic rings. The molecule has 0 atom stereocenters. The number of hydrogen-bond donors (Lipinski definition) is 1. The molecule has 0 heterocycles. The van der Waals surface area contributed by atoms with Gasteiger partial charge in [-0.15, -0.1) is 0 Å². The summed E-state index contributed by atoms with van der Waals surface area (Å²) < 4.78 is 26.3. The minimum Gasteiger partial charge on any atom is -0.405 e. The molecule has 0 aliphatic heterocycles. The van der Waals surface area contributed by atoms with Crippen LogP contribution in [-0.4, -0.2) is 6.29 Å². The maximum Gasteiger partial charge on any atom is 0.155 e. The van der Waals surface area contributed by atoms with E-state index in [1.54, 1.807) is 0 Å². The summed E-state index contributed by atoms with van der Waals surface area (Å²) in [5.74, 6) is -1.82. The Morgan fingerprint density at radius 3 is 2.27 bits per heavy atom. The number of benzene rings is 1. The second-order valence-electron chi connectivity index (χ2n) is 2.86. The third-order valence-corrected chi connectivity index (χ3v) is 1.87. The Bertz CT molecular complexity index is 415. The van der Waals surface area contributed by atoms with Gasteiger partial charge in [0, 0.05) is 0 Å². The number of halogens is 2. The zero-order valence-electron chi connectivity index (χ0n) is 7.84. The molecule has 1 rings (SSSR count). The van der Waals surface area contributed by atoms with E-state index >= 15 is 0 Å². The van der Waals surface area contributed by atoms with Crippen molar-refractivity contribution in [1.29, 1.82) is 0 Å². The van der Waals surface area contributed by atoms with Crippen molar-refractivity contribution in [3.63, 3.8) is 0 Å². The minimum atomic E-state index is -0.911. The van der Waals surface area contributed by atoms with E-state index in [2.05, 4.69) is 6.58 Å². The Hall–Kier alpha value is -1.97. The monoisotopic (exact) mass is 209 g/mol. The average molecular weight is 209 g/mol. The molecule has 0 fully saturated rings. The Morgan fingerprint density at radius 2 is 1.87 bits per heavy atom. The lowest BCUT2D eigenvalue weighted by Gasteiger charge is -2.03. The van der Waals surface area contributed by atoms with Gasteiger partial charge in [0.15, 0.2) is 6.29 Å². The molecule has 0 saturated carbocycles. The molecular weight excluding hydrogens is 200 g/mol. The summed E-state index contributed by atoms with van der Waals surface area (Å²) >= 11 is 0. The van der Waals surface area contributed by atoms with Gasteiger partial charge in [0.25, 0.3) is 0 Å². The third-order valence-electron chi connectivity index (χ3n) is 1.87. The van der Waals surface area contributed by atoms with Crippen molar-refractivity contribution in [2.75, 3.05) is 0 Å². The Morgan fingerprint density at radius 1 is 1.33 bits per heavy atom. The molecule has 0 spiro atoms. The zero-order chi connectivity index (χ0) is 11.4. The van der Waals surface area contributed by atoms with Crippen LogP contribution in [0.5, 0.6) is 0 Å². The first-order valence-electron chi connectivity index (χ1n) is 4.12. The van der Waals surface area contributed by atoms with Gasteiger partial charge in [0.1, 0.15) is 11.6 Å². The summed E-state index contributed by atoms with van der Waals surface area (Å²) in [6, 6.07) is 2.07. The summed E-state index contributed by atoms with van der Waals surface area (Å²) in [4.78, 5) is 10.3. The summed E-state index contributed by atoms with van der Waals surface area (Å²) in [5, 5.41) is 0. The lowest BCUT2D eigenvalue weighted by Crippen LogP contribution is -1.96. The van der Waals surface area contributed by atoms with Crippen molar-refractivity contribution in [3.05, 3.63) is 53.7 Å². The van der Waals surface area contributed by atoms with Crippen LogP contribution >= 0.6 is 0 Å². The first kappa shape index (κ1) is 11.1. The number of allylic oxidation sites excluding steroid dienone is 2. The summed E-state index contributed by atoms with van der Waals surface area (Å²) in [6.45, 7) is 3.56. The van der Waals surface area contributed by atoms with E-state index in [4.69, 9.17) is 5.73 Å². The molecule has 0 radical (unpaired) electrons. The Kier molecular flexibility index (Phi) is 3.33. The summed E-state index contributed by atoms with van der Waals surface area (Å²) in [7, 11) is 0. The van der Waals surface area contributed by atoms with E-state index < -0.39 is 17.2 Å². The molecule has 0 saturated heterocycles. The number of carbonyl (C=O) groups is 1. The molecule has 4 heteroatoms. The van der Waals surface area contributed by atoms with Crippen LogP contribution in [0, 0.1) is 11.6 Å². The highest BCUT2D eigenvalue weighted by Gasteiger charge is 2.10. The van der Waals surface area contributed by atoms with Crippen LogP contribution in [0.4, 0.5) is 8.78 Å². The molecule has 0 aromatic heterocycles. The average Bonchev–Trinajstić information content (AvgIpc) is 2.17. The maximum atomic E-state index is 13.1. The summed E-state index contributed by atoms with van der Waals surface area (Å²) in [5.41, 5.74) is 5.15. The van der Waals surface area contributed by atoms with E-state index in [9.17, 15) is 13.6 Å². The van der Waals surface area contributed by atoms with E-state index in [-0.39, 0.29) is 11.8 Å². The fourth-order valence-electron chi connectivity index (χ4n) is 1.09. The lowest BCUT2D eigenvalue weighted by molar-refractivity contribution is 0.111. The van der Waals surface area contributed by atoms with E-state index in [0.29, 0.717) is 5.57 Å². The molecule has 78 valence electrons. The molecule has 0 aliphatic rings. The number of rotatable bonds is 3. The van der Waals surface area contributed by atoms with Gasteiger partial charge >= 0.3 is 0 Å². The van der Waals surface area contributed by atoms with Crippen molar-refractivity contribution in [1.82, 2.24) is 0 Å². The van der Waals surface area contributed by atoms with Gasteiger partial charge in [-0.05, 0) is 35.5 Å². The quantitative estimate of drug-likeness (QED) is 0.613. The number of aldehydes is 1. The van der Waals surface area contributed by atoms with Crippen molar-refractivity contribution >= 4 is 11.9 Å². The number of carbonyl (C=O) groups excluding carboxylic acids is 1. The van der Waals surface area contributed by atoms with Crippen molar-refractivity contribution < 1.29 is 13.6 Å². The molecular formula is C11H9F2NO. The van der Waals surface area contributed by atoms with Crippen molar-refractivity contribution in [3.8, 4) is 0 Å². The minimum absolute atomic E-state index is 0.135. The topological polar surface area (TPSA) is 43.1 Å². The number of hydrogen-bond acceptors (Lipinski definition) is 2. The van der Waals surface area contributed by atoms with Crippen LogP contribution < -0.4 is 5.73 Å². The van der Waals surface area contributed by atoms with Gasteiger partial charge in [0.05, 0.1) is 5.56 Å². The molecule has 15 heavy (non-hydrogen) atoms. The fraction of sp³-hybridized carbons (Fsp3) is 0. The first-order valence-corrected chi connectivity index (χ1v) is 4.12. The van der Waals surface area contributed by atoms with Gasteiger partial charge in [-0.3, -0.25) is 4.79 Å². The van der Waals surface area contributed by atoms with Gasteiger partial charge in [-0.2, -0.15) is 0 Å². The lowest BCUT2D eigenvalue weighted by atomic mass is 10.0. The van der Waals surface area contributed by atoms with Crippen LogP contribution in [0.15, 0.2) is 31.0 Å². The maximum absolute atomic E-state index is 13.1. The standard InChI is InChI=1S/C11H9F2NO/c1-7(2-3-14)8-4-10(12)9(6-15)11(13)5-8/h2-6H,1,14H2/b3-2-. The SMILES string of the molecule is C=C(/C=C\N)c1cc(F)c(C=O)c(F)c1. The van der Waals surface area contributed by atoms with E-state index in [0.717, 1.165) is 12.1 Å². The fourth-order valence-corrected chi connectivity index (χ4v) is 1.09. The molecule has 0 bridgehead atoms. The second kappa shape index (κ2) is 4.50. The summed E-state index contributed by atoms with van der Waals surface area (Å²) in [6.07, 6.45) is 2.76. The Balaban J connectivity index is 3.25. The van der Waals surface area contributed by atoms with E-state index in [1.165, 1.54) is 12.3 Å². The normalized spacial score (nSPS) is 10.5. The van der Waals surface area contributed by atoms with Crippen LogP contribution in [0.25, 0.3) is 5.57 Å². The highest BCUT2D eigenvalue weighted by atomic mass is 19.1. The van der Waals surface area contributed by atoms with E-state index in [1.807, 2.05) is 0 Å². The zero-order valence-corrected chi connectivity index (χ0v) is 7.84. The van der Waals surface area contributed by atoms with Crippen LogP contribution in [0.2, 0.25) is 0 Å². The predicted molar refractivity (Wildman–Crippen MR) is 54.1 cm³/mol. The van der Waals surface area contributed by atoms with Crippen molar-refractivity contribution in [2.24, 2.45) is 5.73 Å². The molecule has 2 nitrogen and oxygen atoms in total. The van der Waals surface area contributed by atoms with Gasteiger partial charge < -0.3 is 5.73 Å².